The van der Waals surface area contributed by atoms with Gasteiger partial charge in [0.15, 0.2) is 0 Å². The smallest absolute Gasteiger partial charge is 0.106 e. The summed E-state index contributed by atoms with van der Waals surface area (Å²) in [5.74, 6) is 0. The molecule has 0 aromatic heterocycles. The van der Waals surface area contributed by atoms with Crippen LogP contribution in [-0.4, -0.2) is 139 Å². The average molecular weight is 1070 g/mol. The molecule has 7 nitrogen and oxygen atoms in total. The van der Waals surface area contributed by atoms with Gasteiger partial charge in [0.1, 0.15) is 6.79 Å². The molecular weight excluding hydrogens is 998 g/mol. The van der Waals surface area contributed by atoms with Crippen LogP contribution in [0.1, 0.15) is 19.3 Å². The third-order valence-corrected chi connectivity index (χ3v) is 20.1. The second-order valence-electron chi connectivity index (χ2n) is 16.9. The van der Waals surface area contributed by atoms with Crippen molar-refractivity contribution in [3.63, 3.8) is 0 Å². The Hall–Kier alpha value is -3.34. The van der Waals surface area contributed by atoms with Crippen molar-refractivity contribution in [3.05, 3.63) is 182 Å². The molecule has 0 saturated carbocycles. The molecule has 0 atom stereocenters. The van der Waals surface area contributed by atoms with Crippen molar-refractivity contribution >= 4 is 62.4 Å². The van der Waals surface area contributed by atoms with Crippen molar-refractivity contribution in [2.45, 2.75) is 19.3 Å². The third kappa shape index (κ3) is 20.7. The minimum atomic E-state index is -0.236. The summed E-state index contributed by atoms with van der Waals surface area (Å²) in [7, 11) is -0.707. The van der Waals surface area contributed by atoms with E-state index in [1.165, 1.54) is 89.2 Å². The fourth-order valence-electron chi connectivity index (χ4n) is 8.70. The number of hydrogen-bond acceptors (Lipinski definition) is 7. The summed E-state index contributed by atoms with van der Waals surface area (Å²) in [6, 6.07) is 66.0. The average Bonchev–Trinajstić information content (AvgIpc) is 3.43. The molecule has 6 aromatic rings. The van der Waals surface area contributed by atoms with E-state index in [0.717, 1.165) is 78.9 Å². The molecule has 3 heterocycles. The molecule has 0 amide bonds. The zero-order valence-corrected chi connectivity index (χ0v) is 44.8. The Bertz CT molecular complexity index is 1780. The van der Waals surface area contributed by atoms with Crippen molar-refractivity contribution in [2.24, 2.45) is 0 Å². The van der Waals surface area contributed by atoms with Gasteiger partial charge in [-0.15, -0.1) is 0 Å². The maximum absolute atomic E-state index is 8.00. The summed E-state index contributed by atoms with van der Waals surface area (Å²) >= 11 is 0. The first kappa shape index (κ1) is 56.6. The molecule has 3 saturated heterocycles. The van der Waals surface area contributed by atoms with Crippen LogP contribution in [0.25, 0.3) is 0 Å². The van der Waals surface area contributed by atoms with E-state index in [4.69, 9.17) is 19.0 Å². The standard InChI is InChI=1S/3C19H24NOP.CH2O.Rh/c3*1-3-8-18(9-4-1)22(19-10-5-2-6-11-19)17-7-12-20-13-15-21-16-14-20;1-2;/h3*1-6,8-11H,7,12-17H2;1H2;. The summed E-state index contributed by atoms with van der Waals surface area (Å²) in [6.45, 7) is 17.5. The van der Waals surface area contributed by atoms with Crippen LogP contribution in [-0.2, 0) is 38.5 Å². The summed E-state index contributed by atoms with van der Waals surface area (Å²) < 4.78 is 16.3. The van der Waals surface area contributed by atoms with Crippen LogP contribution in [0.15, 0.2) is 182 Å². The summed E-state index contributed by atoms with van der Waals surface area (Å²) in [5.41, 5.74) is 0. The topological polar surface area (TPSA) is 54.5 Å². The van der Waals surface area contributed by atoms with E-state index in [1.54, 1.807) is 0 Å². The Kier molecular flexibility index (Phi) is 28.6. The van der Waals surface area contributed by atoms with Crippen molar-refractivity contribution in [3.8, 4) is 0 Å². The Morgan fingerprint density at radius 2 is 0.493 bits per heavy atom. The molecule has 6 aromatic carbocycles. The summed E-state index contributed by atoms with van der Waals surface area (Å²) in [6.07, 6.45) is 7.57. The number of benzene rings is 6. The van der Waals surface area contributed by atoms with Crippen molar-refractivity contribution in [1.29, 1.82) is 0 Å². The molecule has 369 valence electrons. The predicted molar refractivity (Wildman–Crippen MR) is 295 cm³/mol. The van der Waals surface area contributed by atoms with Gasteiger partial charge in [-0.2, -0.15) is 0 Å². The number of ether oxygens (including phenoxy) is 3. The molecule has 3 aliphatic heterocycles. The van der Waals surface area contributed by atoms with Gasteiger partial charge in [0.05, 0.1) is 39.6 Å². The van der Waals surface area contributed by atoms with Crippen molar-refractivity contribution in [1.82, 2.24) is 14.7 Å². The van der Waals surface area contributed by atoms with Gasteiger partial charge in [0.25, 0.3) is 0 Å². The minimum absolute atomic E-state index is 0. The van der Waals surface area contributed by atoms with E-state index in [0.29, 0.717) is 0 Å². The number of carbonyl (C=O) groups is 1. The number of rotatable bonds is 18. The molecule has 0 spiro atoms. The summed E-state index contributed by atoms with van der Waals surface area (Å²) in [4.78, 5) is 15.6. The Balaban J connectivity index is 0.000000188. The first-order valence-corrected chi connectivity index (χ1v) is 29.2. The second kappa shape index (κ2) is 34.9. The molecule has 11 heteroatoms. The van der Waals surface area contributed by atoms with Gasteiger partial charge in [0.2, 0.25) is 0 Å². The first-order valence-electron chi connectivity index (χ1n) is 24.6. The molecule has 69 heavy (non-hydrogen) atoms. The van der Waals surface area contributed by atoms with Crippen molar-refractivity contribution in [2.75, 3.05) is 117 Å². The van der Waals surface area contributed by atoms with Gasteiger partial charge in [-0.25, -0.2) is 0 Å². The molecule has 0 N–H and O–H groups in total. The molecule has 3 fully saturated rings. The van der Waals surface area contributed by atoms with Gasteiger partial charge in [-0.3, -0.25) is 14.7 Å². The first-order chi connectivity index (χ1) is 33.8. The molecule has 0 bridgehead atoms. The number of nitrogens with zero attached hydrogens (tertiary/aromatic N) is 3. The molecule has 0 unspecified atom stereocenters. The van der Waals surface area contributed by atoms with E-state index in [9.17, 15) is 0 Å². The van der Waals surface area contributed by atoms with Crippen LogP contribution in [0, 0.1) is 0 Å². The van der Waals surface area contributed by atoms with E-state index in [2.05, 4.69) is 197 Å². The molecular formula is C58H74N3O4P3Rh. The van der Waals surface area contributed by atoms with Gasteiger partial charge >= 0.3 is 0 Å². The van der Waals surface area contributed by atoms with Gasteiger partial charge < -0.3 is 19.0 Å². The number of morpholine rings is 3. The zero-order chi connectivity index (χ0) is 47.1. The van der Waals surface area contributed by atoms with Gasteiger partial charge in [-0.05, 0) is 113 Å². The Labute approximate surface area is 431 Å². The van der Waals surface area contributed by atoms with E-state index >= 15 is 0 Å². The van der Waals surface area contributed by atoms with E-state index < -0.39 is 0 Å². The van der Waals surface area contributed by atoms with Crippen LogP contribution >= 0.6 is 23.8 Å². The second-order valence-corrected chi connectivity index (χ2v) is 23.9. The van der Waals surface area contributed by atoms with E-state index in [1.807, 2.05) is 6.79 Å². The van der Waals surface area contributed by atoms with E-state index in [-0.39, 0.29) is 43.2 Å². The van der Waals surface area contributed by atoms with Gasteiger partial charge in [0, 0.05) is 58.7 Å². The number of hydrogen-bond donors (Lipinski definition) is 0. The van der Waals surface area contributed by atoms with Crippen LogP contribution in [0.2, 0.25) is 0 Å². The molecule has 1 radical (unpaired) electrons. The predicted octanol–water partition coefficient (Wildman–Crippen LogP) is 8.34. The van der Waals surface area contributed by atoms with Crippen LogP contribution in [0.5, 0.6) is 0 Å². The molecule has 0 aliphatic carbocycles. The Morgan fingerprint density at radius 1 is 0.319 bits per heavy atom. The monoisotopic (exact) mass is 1070 g/mol. The van der Waals surface area contributed by atoms with Crippen LogP contribution in [0.4, 0.5) is 0 Å². The van der Waals surface area contributed by atoms with Gasteiger partial charge in [-0.1, -0.05) is 182 Å². The SMILES string of the molecule is C=O.[Rh].c1ccc(P(CCCN2CCOCC2)c2ccccc2)cc1.c1ccc(P(CCCN2CCOCC2)c2ccccc2)cc1.c1ccc(P(CCCN2CCOCC2)c2ccccc2)cc1. The quantitative estimate of drug-likeness (QED) is 0.0635. The van der Waals surface area contributed by atoms with Crippen LogP contribution in [0.3, 0.4) is 0 Å². The third-order valence-electron chi connectivity index (χ3n) is 12.3. The van der Waals surface area contributed by atoms with Crippen LogP contribution < -0.4 is 31.8 Å². The normalized spacial score (nSPS) is 15.4. The number of carbonyl (C=O) groups excluding carboxylic acids is 1. The Morgan fingerprint density at radius 3 is 0.667 bits per heavy atom. The zero-order valence-electron chi connectivity index (χ0n) is 40.5. The van der Waals surface area contributed by atoms with Crippen molar-refractivity contribution < 1.29 is 38.5 Å². The minimum Gasteiger partial charge on any atom is -0.379 e. The maximum atomic E-state index is 8.00. The molecule has 3 aliphatic rings. The summed E-state index contributed by atoms with van der Waals surface area (Å²) in [5, 5.41) is 8.95. The largest absolute Gasteiger partial charge is 0.379 e. The fourth-order valence-corrected chi connectivity index (χ4v) is 15.7. The fraction of sp³-hybridized carbons (Fsp3) is 0.362. The molecule has 9 rings (SSSR count). The maximum Gasteiger partial charge on any atom is 0.106 e.